The molecular weight excluding hydrogens is 306 g/mol. The summed E-state index contributed by atoms with van der Waals surface area (Å²) in [6.45, 7) is 3.16. The minimum atomic E-state index is -0.687. The SMILES string of the molecule is CC(Cc1cc2c(c(C(N)=O)c1)N(CCCCl)CC2)[N+](=O)[O-]. The van der Waals surface area contributed by atoms with Gasteiger partial charge in [-0.15, -0.1) is 11.6 Å². The van der Waals surface area contributed by atoms with E-state index in [0.717, 1.165) is 42.7 Å². The largest absolute Gasteiger partial charge is 0.370 e. The second kappa shape index (κ2) is 6.96. The molecule has 0 bridgehead atoms. The lowest BCUT2D eigenvalue weighted by atomic mass is 9.98. The molecule has 7 heteroatoms. The van der Waals surface area contributed by atoms with Gasteiger partial charge < -0.3 is 10.6 Å². The maximum Gasteiger partial charge on any atom is 0.250 e. The second-order valence-corrected chi connectivity index (χ2v) is 6.01. The average molecular weight is 326 g/mol. The van der Waals surface area contributed by atoms with Crippen molar-refractivity contribution in [3.63, 3.8) is 0 Å². The number of carbonyl (C=O) groups is 1. The summed E-state index contributed by atoms with van der Waals surface area (Å²) in [5, 5.41) is 10.8. The second-order valence-electron chi connectivity index (χ2n) is 5.63. The number of fused-ring (bicyclic) bond motifs is 1. The van der Waals surface area contributed by atoms with Crippen molar-refractivity contribution in [1.82, 2.24) is 0 Å². The highest BCUT2D eigenvalue weighted by Gasteiger charge is 2.26. The maximum atomic E-state index is 11.8. The van der Waals surface area contributed by atoms with Crippen molar-refractivity contribution in [3.8, 4) is 0 Å². The molecule has 1 atom stereocenters. The Bertz CT molecular complexity index is 592. The molecule has 1 aliphatic rings. The standard InChI is InChI=1S/C15H20ClN3O3/c1-10(19(21)22)7-11-8-12-3-6-18(5-2-4-16)14(12)13(9-11)15(17)20/h8-10H,2-7H2,1H3,(H2,17,20). The lowest BCUT2D eigenvalue weighted by Crippen LogP contribution is -2.25. The topological polar surface area (TPSA) is 89.5 Å². The van der Waals surface area contributed by atoms with Crippen LogP contribution in [0.4, 0.5) is 5.69 Å². The molecule has 22 heavy (non-hydrogen) atoms. The van der Waals surface area contributed by atoms with Gasteiger partial charge in [-0.2, -0.15) is 0 Å². The monoisotopic (exact) mass is 325 g/mol. The Morgan fingerprint density at radius 1 is 1.55 bits per heavy atom. The summed E-state index contributed by atoms with van der Waals surface area (Å²) in [5.74, 6) is 0.0699. The quantitative estimate of drug-likeness (QED) is 0.471. The Morgan fingerprint density at radius 3 is 2.86 bits per heavy atom. The number of nitrogens with two attached hydrogens (primary N) is 1. The van der Waals surface area contributed by atoms with Gasteiger partial charge in [0.2, 0.25) is 6.04 Å². The van der Waals surface area contributed by atoms with E-state index in [9.17, 15) is 14.9 Å². The third-order valence-corrected chi connectivity index (χ3v) is 4.20. The Labute approximate surface area is 134 Å². The highest BCUT2D eigenvalue weighted by molar-refractivity contribution is 6.17. The van der Waals surface area contributed by atoms with Crippen molar-refractivity contribution in [3.05, 3.63) is 38.9 Å². The molecule has 6 nitrogen and oxygen atoms in total. The highest BCUT2D eigenvalue weighted by atomic mass is 35.5. The molecule has 0 radical (unpaired) electrons. The van der Waals surface area contributed by atoms with E-state index in [4.69, 9.17) is 17.3 Å². The van der Waals surface area contributed by atoms with Crippen molar-refractivity contribution in [1.29, 1.82) is 0 Å². The molecular formula is C15H20ClN3O3. The van der Waals surface area contributed by atoms with Gasteiger partial charge in [0.05, 0.1) is 11.3 Å². The number of rotatable bonds is 7. The van der Waals surface area contributed by atoms with Crippen LogP contribution in [0.25, 0.3) is 0 Å². The van der Waals surface area contributed by atoms with Gasteiger partial charge in [-0.25, -0.2) is 0 Å². The van der Waals surface area contributed by atoms with E-state index in [1.165, 1.54) is 0 Å². The number of amides is 1. The van der Waals surface area contributed by atoms with Gasteiger partial charge in [-0.3, -0.25) is 14.9 Å². The molecule has 0 fully saturated rings. The van der Waals surface area contributed by atoms with E-state index in [2.05, 4.69) is 4.90 Å². The molecule has 1 aromatic carbocycles. The summed E-state index contributed by atoms with van der Waals surface area (Å²) in [4.78, 5) is 24.4. The number of benzene rings is 1. The Kier molecular flexibility index (Phi) is 5.24. The number of primary amides is 1. The average Bonchev–Trinajstić information content (AvgIpc) is 2.86. The summed E-state index contributed by atoms with van der Waals surface area (Å²) in [6, 6.07) is 2.97. The number of nitro groups is 1. The maximum absolute atomic E-state index is 11.8. The van der Waals surface area contributed by atoms with E-state index >= 15 is 0 Å². The van der Waals surface area contributed by atoms with Crippen LogP contribution >= 0.6 is 11.6 Å². The van der Waals surface area contributed by atoms with E-state index < -0.39 is 11.9 Å². The van der Waals surface area contributed by atoms with Gasteiger partial charge in [0.15, 0.2) is 0 Å². The minimum absolute atomic E-state index is 0.294. The van der Waals surface area contributed by atoms with Crippen LogP contribution in [0.2, 0.25) is 0 Å². The zero-order valence-electron chi connectivity index (χ0n) is 12.5. The van der Waals surface area contributed by atoms with E-state index in [1.54, 1.807) is 13.0 Å². The number of hydrogen-bond acceptors (Lipinski definition) is 4. The van der Waals surface area contributed by atoms with Crippen LogP contribution in [-0.4, -0.2) is 35.8 Å². The molecule has 2 rings (SSSR count). The van der Waals surface area contributed by atoms with Crippen LogP contribution in [0.1, 0.15) is 34.8 Å². The van der Waals surface area contributed by atoms with Crippen LogP contribution in [0.15, 0.2) is 12.1 Å². The Hall–Kier alpha value is -1.82. The molecule has 1 aromatic rings. The van der Waals surface area contributed by atoms with Gasteiger partial charge in [-0.05, 0) is 30.0 Å². The van der Waals surface area contributed by atoms with Crippen LogP contribution in [-0.2, 0) is 12.8 Å². The molecule has 0 spiro atoms. The first-order valence-electron chi connectivity index (χ1n) is 7.34. The summed E-state index contributed by atoms with van der Waals surface area (Å²) in [5.41, 5.74) is 8.66. The predicted octanol–water partition coefficient (Wildman–Crippen LogP) is 1.98. The van der Waals surface area contributed by atoms with Crippen molar-refractivity contribution < 1.29 is 9.72 Å². The van der Waals surface area contributed by atoms with Crippen LogP contribution < -0.4 is 10.6 Å². The fourth-order valence-corrected chi connectivity index (χ4v) is 3.01. The molecule has 0 aromatic heterocycles. The van der Waals surface area contributed by atoms with Crippen LogP contribution in [0.5, 0.6) is 0 Å². The molecule has 1 heterocycles. The molecule has 0 aliphatic carbocycles. The number of halogens is 1. The predicted molar refractivity (Wildman–Crippen MR) is 86.4 cm³/mol. The lowest BCUT2D eigenvalue weighted by molar-refractivity contribution is -0.517. The van der Waals surface area contributed by atoms with E-state index in [0.29, 0.717) is 17.9 Å². The molecule has 1 amide bonds. The Balaban J connectivity index is 2.34. The molecule has 1 unspecified atom stereocenters. The van der Waals surface area contributed by atoms with Gasteiger partial charge in [0, 0.05) is 37.2 Å². The number of carbonyl (C=O) groups excluding carboxylic acids is 1. The molecule has 2 N–H and O–H groups in total. The molecule has 0 saturated heterocycles. The summed E-state index contributed by atoms with van der Waals surface area (Å²) in [7, 11) is 0. The first-order valence-corrected chi connectivity index (χ1v) is 7.87. The van der Waals surface area contributed by atoms with Gasteiger partial charge in [-0.1, -0.05) is 6.07 Å². The summed E-state index contributed by atoms with van der Waals surface area (Å²) in [6.07, 6.45) is 1.94. The van der Waals surface area contributed by atoms with Crippen LogP contribution in [0.3, 0.4) is 0 Å². The normalized spacial score (nSPS) is 14.7. The first-order chi connectivity index (χ1) is 10.4. The van der Waals surface area contributed by atoms with Crippen molar-refractivity contribution in [2.45, 2.75) is 32.2 Å². The summed E-state index contributed by atoms with van der Waals surface area (Å²) < 4.78 is 0. The van der Waals surface area contributed by atoms with Crippen molar-refractivity contribution in [2.75, 3.05) is 23.9 Å². The molecule has 120 valence electrons. The number of hydrogen-bond donors (Lipinski definition) is 1. The molecule has 1 aliphatic heterocycles. The number of nitrogens with zero attached hydrogens (tertiary/aromatic N) is 2. The zero-order valence-corrected chi connectivity index (χ0v) is 13.3. The minimum Gasteiger partial charge on any atom is -0.370 e. The smallest absolute Gasteiger partial charge is 0.250 e. The van der Waals surface area contributed by atoms with Crippen LogP contribution in [0, 0.1) is 10.1 Å². The number of anilines is 1. The van der Waals surface area contributed by atoms with E-state index in [-0.39, 0.29) is 4.92 Å². The zero-order chi connectivity index (χ0) is 16.3. The third-order valence-electron chi connectivity index (χ3n) is 3.93. The van der Waals surface area contributed by atoms with Crippen molar-refractivity contribution in [2.24, 2.45) is 5.73 Å². The third kappa shape index (κ3) is 3.50. The Morgan fingerprint density at radius 2 is 2.27 bits per heavy atom. The lowest BCUT2D eigenvalue weighted by Gasteiger charge is -2.21. The van der Waals surface area contributed by atoms with Gasteiger partial charge in [0.1, 0.15) is 0 Å². The van der Waals surface area contributed by atoms with Gasteiger partial charge >= 0.3 is 0 Å². The highest BCUT2D eigenvalue weighted by Crippen LogP contribution is 2.33. The van der Waals surface area contributed by atoms with E-state index in [1.807, 2.05) is 6.07 Å². The fourth-order valence-electron chi connectivity index (χ4n) is 2.89. The summed E-state index contributed by atoms with van der Waals surface area (Å²) >= 11 is 5.74. The fraction of sp³-hybridized carbons (Fsp3) is 0.533. The van der Waals surface area contributed by atoms with Gasteiger partial charge in [0.25, 0.3) is 5.91 Å². The van der Waals surface area contributed by atoms with Crippen molar-refractivity contribution >= 4 is 23.2 Å². The first kappa shape index (κ1) is 16.5. The number of alkyl halides is 1. The molecule has 0 saturated carbocycles.